The predicted molar refractivity (Wildman–Crippen MR) is 87.6 cm³/mol. The molecule has 106 valence electrons. The van der Waals surface area contributed by atoms with Gasteiger partial charge in [-0.05, 0) is 49.5 Å². The van der Waals surface area contributed by atoms with Gasteiger partial charge in [-0.25, -0.2) is 0 Å². The van der Waals surface area contributed by atoms with Crippen LogP contribution in [0.1, 0.15) is 11.1 Å². The molecule has 0 heterocycles. The van der Waals surface area contributed by atoms with Crippen molar-refractivity contribution >= 4 is 28.9 Å². The normalized spacial score (nSPS) is 10.8. The van der Waals surface area contributed by atoms with Gasteiger partial charge in [0.25, 0.3) is 0 Å². The van der Waals surface area contributed by atoms with Gasteiger partial charge in [0.05, 0.1) is 0 Å². The fourth-order valence-electron chi connectivity index (χ4n) is 2.04. The Kier molecular flexibility index (Phi) is 5.30. The van der Waals surface area contributed by atoms with E-state index in [1.54, 1.807) is 6.07 Å². The van der Waals surface area contributed by atoms with E-state index >= 15 is 0 Å². The zero-order chi connectivity index (χ0) is 14.5. The summed E-state index contributed by atoms with van der Waals surface area (Å²) in [5.41, 5.74) is 3.38. The molecular formula is C16H18Cl2N2. The predicted octanol–water partition coefficient (Wildman–Crippen LogP) is 4.67. The Morgan fingerprint density at radius 3 is 2.50 bits per heavy atom. The summed E-state index contributed by atoms with van der Waals surface area (Å²) >= 11 is 12.2. The van der Waals surface area contributed by atoms with Crippen LogP contribution in [0.3, 0.4) is 0 Å². The van der Waals surface area contributed by atoms with E-state index in [2.05, 4.69) is 42.5 Å². The zero-order valence-electron chi connectivity index (χ0n) is 11.7. The Bertz CT molecular complexity index is 582. The van der Waals surface area contributed by atoms with Crippen LogP contribution in [0, 0.1) is 0 Å². The van der Waals surface area contributed by atoms with Gasteiger partial charge in [0, 0.05) is 28.8 Å². The average molecular weight is 309 g/mol. The standard InChI is InChI=1S/C16H18Cl2N2/c1-20(2)11-12-5-3-4-6-16(12)19-10-13-9-14(17)7-8-15(13)18/h3-9,19H,10-11H2,1-2H3. The molecule has 0 atom stereocenters. The molecule has 0 aliphatic carbocycles. The number of nitrogens with one attached hydrogen (secondary N) is 1. The fraction of sp³-hybridized carbons (Fsp3) is 0.250. The van der Waals surface area contributed by atoms with Crippen LogP contribution in [0.15, 0.2) is 42.5 Å². The van der Waals surface area contributed by atoms with Crippen molar-refractivity contribution in [1.29, 1.82) is 0 Å². The van der Waals surface area contributed by atoms with Gasteiger partial charge < -0.3 is 10.2 Å². The number of rotatable bonds is 5. The van der Waals surface area contributed by atoms with Crippen LogP contribution in [0.2, 0.25) is 10.0 Å². The van der Waals surface area contributed by atoms with Gasteiger partial charge in [0.2, 0.25) is 0 Å². The van der Waals surface area contributed by atoms with Crippen LogP contribution in [0.5, 0.6) is 0 Å². The monoisotopic (exact) mass is 308 g/mol. The summed E-state index contributed by atoms with van der Waals surface area (Å²) in [6, 6.07) is 13.8. The highest BCUT2D eigenvalue weighted by Gasteiger charge is 2.05. The van der Waals surface area contributed by atoms with Gasteiger partial charge in [0.1, 0.15) is 0 Å². The Hall–Kier alpha value is -1.22. The second-order valence-electron chi connectivity index (χ2n) is 4.98. The first-order valence-corrected chi connectivity index (χ1v) is 7.22. The SMILES string of the molecule is CN(C)Cc1ccccc1NCc1cc(Cl)ccc1Cl. The molecule has 1 N–H and O–H groups in total. The van der Waals surface area contributed by atoms with Crippen molar-refractivity contribution in [2.24, 2.45) is 0 Å². The van der Waals surface area contributed by atoms with E-state index in [0.29, 0.717) is 11.6 Å². The zero-order valence-corrected chi connectivity index (χ0v) is 13.2. The molecule has 0 unspecified atom stereocenters. The second-order valence-corrected chi connectivity index (χ2v) is 5.83. The molecule has 2 rings (SSSR count). The van der Waals surface area contributed by atoms with Crippen molar-refractivity contribution in [3.05, 3.63) is 63.6 Å². The minimum Gasteiger partial charge on any atom is -0.381 e. The molecular weight excluding hydrogens is 291 g/mol. The molecule has 20 heavy (non-hydrogen) atoms. The van der Waals surface area contributed by atoms with Crippen molar-refractivity contribution in [2.75, 3.05) is 19.4 Å². The summed E-state index contributed by atoms with van der Waals surface area (Å²) in [5, 5.41) is 4.86. The van der Waals surface area contributed by atoms with Crippen LogP contribution in [-0.4, -0.2) is 19.0 Å². The highest BCUT2D eigenvalue weighted by Crippen LogP contribution is 2.23. The number of anilines is 1. The maximum absolute atomic E-state index is 6.18. The van der Waals surface area contributed by atoms with E-state index < -0.39 is 0 Å². The molecule has 0 aromatic heterocycles. The van der Waals surface area contributed by atoms with Crippen LogP contribution < -0.4 is 5.32 Å². The minimum atomic E-state index is 0.657. The summed E-state index contributed by atoms with van der Waals surface area (Å²) in [4.78, 5) is 2.15. The highest BCUT2D eigenvalue weighted by atomic mass is 35.5. The molecule has 0 saturated heterocycles. The lowest BCUT2D eigenvalue weighted by Crippen LogP contribution is -2.13. The fourth-order valence-corrected chi connectivity index (χ4v) is 2.42. The maximum atomic E-state index is 6.18. The van der Waals surface area contributed by atoms with E-state index in [1.807, 2.05) is 18.2 Å². The van der Waals surface area contributed by atoms with E-state index in [4.69, 9.17) is 23.2 Å². The highest BCUT2D eigenvalue weighted by molar-refractivity contribution is 6.33. The Morgan fingerprint density at radius 2 is 1.75 bits per heavy atom. The summed E-state index contributed by atoms with van der Waals surface area (Å²) in [6.07, 6.45) is 0. The minimum absolute atomic E-state index is 0.657. The number of hydrogen-bond acceptors (Lipinski definition) is 2. The molecule has 0 aliphatic rings. The van der Waals surface area contributed by atoms with Crippen LogP contribution >= 0.6 is 23.2 Å². The molecule has 0 bridgehead atoms. The third kappa shape index (κ3) is 4.14. The van der Waals surface area contributed by atoms with Gasteiger partial charge in [-0.15, -0.1) is 0 Å². The third-order valence-corrected chi connectivity index (χ3v) is 3.58. The van der Waals surface area contributed by atoms with E-state index in [9.17, 15) is 0 Å². The van der Waals surface area contributed by atoms with Gasteiger partial charge in [0.15, 0.2) is 0 Å². The number of halogens is 2. The van der Waals surface area contributed by atoms with Crippen molar-refractivity contribution in [3.63, 3.8) is 0 Å². The third-order valence-electron chi connectivity index (χ3n) is 2.98. The van der Waals surface area contributed by atoms with Gasteiger partial charge >= 0.3 is 0 Å². The smallest absolute Gasteiger partial charge is 0.0456 e. The second kappa shape index (κ2) is 6.98. The average Bonchev–Trinajstić information content (AvgIpc) is 2.41. The molecule has 0 aliphatic heterocycles. The molecule has 0 fully saturated rings. The summed E-state index contributed by atoms with van der Waals surface area (Å²) in [5.74, 6) is 0. The van der Waals surface area contributed by atoms with E-state index in [0.717, 1.165) is 22.8 Å². The Balaban J connectivity index is 2.12. The van der Waals surface area contributed by atoms with E-state index in [-0.39, 0.29) is 0 Å². The Morgan fingerprint density at radius 1 is 1.00 bits per heavy atom. The van der Waals surface area contributed by atoms with Crippen LogP contribution in [0.4, 0.5) is 5.69 Å². The maximum Gasteiger partial charge on any atom is 0.0456 e. The van der Waals surface area contributed by atoms with Gasteiger partial charge in [-0.3, -0.25) is 0 Å². The van der Waals surface area contributed by atoms with Gasteiger partial charge in [-0.2, -0.15) is 0 Å². The lowest BCUT2D eigenvalue weighted by Gasteiger charge is -2.16. The largest absolute Gasteiger partial charge is 0.381 e. The Labute approximate surface area is 130 Å². The number of nitrogens with zero attached hydrogens (tertiary/aromatic N) is 1. The summed E-state index contributed by atoms with van der Waals surface area (Å²) in [6.45, 7) is 1.55. The molecule has 2 aromatic rings. The number of benzene rings is 2. The molecule has 0 saturated carbocycles. The lowest BCUT2D eigenvalue weighted by molar-refractivity contribution is 0.403. The topological polar surface area (TPSA) is 15.3 Å². The van der Waals surface area contributed by atoms with Crippen LogP contribution in [-0.2, 0) is 13.1 Å². The molecule has 0 radical (unpaired) electrons. The number of para-hydroxylation sites is 1. The molecule has 0 spiro atoms. The summed E-state index contributed by atoms with van der Waals surface area (Å²) < 4.78 is 0. The molecule has 2 nitrogen and oxygen atoms in total. The first-order valence-electron chi connectivity index (χ1n) is 6.46. The van der Waals surface area contributed by atoms with Gasteiger partial charge in [-0.1, -0.05) is 41.4 Å². The number of hydrogen-bond donors (Lipinski definition) is 1. The van der Waals surface area contributed by atoms with Crippen molar-refractivity contribution in [3.8, 4) is 0 Å². The molecule has 4 heteroatoms. The van der Waals surface area contributed by atoms with Crippen molar-refractivity contribution in [2.45, 2.75) is 13.1 Å². The first-order chi connectivity index (χ1) is 9.56. The van der Waals surface area contributed by atoms with Crippen LogP contribution in [0.25, 0.3) is 0 Å². The molecule has 0 amide bonds. The lowest BCUT2D eigenvalue weighted by atomic mass is 10.1. The quantitative estimate of drug-likeness (QED) is 0.863. The van der Waals surface area contributed by atoms with Crippen molar-refractivity contribution < 1.29 is 0 Å². The summed E-state index contributed by atoms with van der Waals surface area (Å²) in [7, 11) is 4.12. The van der Waals surface area contributed by atoms with E-state index in [1.165, 1.54) is 5.56 Å². The first kappa shape index (κ1) is 15.2. The van der Waals surface area contributed by atoms with Crippen molar-refractivity contribution in [1.82, 2.24) is 4.90 Å². The molecule has 2 aromatic carbocycles.